The highest BCUT2D eigenvalue weighted by Crippen LogP contribution is 2.40. The SMILES string of the molecule is CN(c1ccccc1)c1cc(N(C)c2ccccc2)cc(N(C)c2ccccc2)c1.CN(c1ccccc1)c1ccc(N(C)c2ccccc2)cc1.COc1ccc(OC)cc1.COc1cccc(OC)c1.Cc1ccc(-n2c3ccc(C)cc3c3cc(C)ccc32)cc1.Cc1ccc2c(c1)c1cc(C)ccc1n2C.Cc1ccc2c(c1)c1cc(C)ccc1n2C. The molecule has 636 valence electrons. The Kier molecular flexibility index (Phi) is 29.5. The Labute approximate surface area is 744 Å². The third-order valence-corrected chi connectivity index (χ3v) is 23.0. The fourth-order valence-electron chi connectivity index (χ4n) is 15.6. The molecule has 0 aliphatic rings. The van der Waals surface area contributed by atoms with Crippen LogP contribution in [0.15, 0.2) is 376 Å². The molecule has 126 heavy (non-hydrogen) atoms. The summed E-state index contributed by atoms with van der Waals surface area (Å²) in [5, 5.41) is 8.11. The second-order valence-corrected chi connectivity index (χ2v) is 31.9. The monoisotopic (exact) mass is 1660 g/mol. The van der Waals surface area contributed by atoms with E-state index in [0.717, 1.165) is 57.1 Å². The predicted octanol–water partition coefficient (Wildman–Crippen LogP) is 29.2. The Balaban J connectivity index is 0.000000130. The van der Waals surface area contributed by atoms with Gasteiger partial charge in [-0.05, 0) is 273 Å². The first-order valence-corrected chi connectivity index (χ1v) is 42.6. The second-order valence-electron chi connectivity index (χ2n) is 31.9. The molecular formula is C114H116N8O4. The number of aryl methyl sites for hydroxylation is 9. The van der Waals surface area contributed by atoms with Crippen molar-refractivity contribution >= 4 is 122 Å². The van der Waals surface area contributed by atoms with Gasteiger partial charge < -0.3 is 57.1 Å². The van der Waals surface area contributed by atoms with E-state index in [4.69, 9.17) is 18.9 Å². The minimum absolute atomic E-state index is 0.819. The maximum Gasteiger partial charge on any atom is 0.122 e. The molecule has 3 aromatic heterocycles. The Morgan fingerprint density at radius 2 is 0.397 bits per heavy atom. The third-order valence-electron chi connectivity index (χ3n) is 23.0. The molecule has 12 heteroatoms. The number of nitrogens with zero attached hydrogens (tertiary/aromatic N) is 8. The van der Waals surface area contributed by atoms with Crippen molar-refractivity contribution in [2.75, 3.05) is 88.2 Å². The molecule has 0 aliphatic heterocycles. The van der Waals surface area contributed by atoms with E-state index >= 15 is 0 Å². The highest BCUT2D eigenvalue weighted by molar-refractivity contribution is 6.11. The van der Waals surface area contributed by atoms with Crippen LogP contribution in [0.4, 0.5) is 56.9 Å². The Bertz CT molecular complexity index is 6190. The van der Waals surface area contributed by atoms with E-state index < -0.39 is 0 Å². The van der Waals surface area contributed by atoms with Crippen LogP contribution in [0.2, 0.25) is 0 Å². The van der Waals surface area contributed by atoms with Gasteiger partial charge in [0.1, 0.15) is 23.0 Å². The average molecular weight is 1660 g/mol. The molecule has 19 aromatic rings. The van der Waals surface area contributed by atoms with Crippen LogP contribution < -0.4 is 43.4 Å². The lowest BCUT2D eigenvalue weighted by Gasteiger charge is -2.28. The molecule has 0 aliphatic carbocycles. The van der Waals surface area contributed by atoms with E-state index in [9.17, 15) is 0 Å². The van der Waals surface area contributed by atoms with E-state index in [1.54, 1.807) is 28.4 Å². The predicted molar refractivity (Wildman–Crippen MR) is 539 cm³/mol. The van der Waals surface area contributed by atoms with Crippen molar-refractivity contribution in [2.45, 2.75) is 48.5 Å². The molecule has 0 N–H and O–H groups in total. The molecule has 0 bridgehead atoms. The van der Waals surface area contributed by atoms with Crippen LogP contribution in [-0.2, 0) is 14.1 Å². The summed E-state index contributed by atoms with van der Waals surface area (Å²) in [4.78, 5) is 11.1. The quantitative estimate of drug-likeness (QED) is 0.0998. The van der Waals surface area contributed by atoms with E-state index in [1.807, 2.05) is 78.9 Å². The highest BCUT2D eigenvalue weighted by atomic mass is 16.5. The van der Waals surface area contributed by atoms with Gasteiger partial charge in [-0.2, -0.15) is 0 Å². The molecule has 12 nitrogen and oxygen atoms in total. The Morgan fingerprint density at radius 3 is 0.643 bits per heavy atom. The minimum atomic E-state index is 0.819. The highest BCUT2D eigenvalue weighted by Gasteiger charge is 2.18. The Hall–Kier alpha value is -14.9. The van der Waals surface area contributed by atoms with Gasteiger partial charge in [0.15, 0.2) is 0 Å². The maximum atomic E-state index is 4.98. The van der Waals surface area contributed by atoms with Crippen LogP contribution in [0.25, 0.3) is 71.1 Å². The third kappa shape index (κ3) is 21.6. The van der Waals surface area contributed by atoms with Crippen LogP contribution in [-0.4, -0.2) is 77.4 Å². The fraction of sp³-hybridized carbons (Fsp3) is 0.158. The maximum absolute atomic E-state index is 4.98. The zero-order valence-corrected chi connectivity index (χ0v) is 76.0. The number of ether oxygens (including phenoxy) is 4. The smallest absolute Gasteiger partial charge is 0.122 e. The van der Waals surface area contributed by atoms with Gasteiger partial charge in [-0.15, -0.1) is 0 Å². The topological polar surface area (TPSA) is 67.9 Å². The fourth-order valence-corrected chi connectivity index (χ4v) is 15.6. The molecule has 16 aromatic carbocycles. The summed E-state index contributed by atoms with van der Waals surface area (Å²) >= 11 is 0. The van der Waals surface area contributed by atoms with Crippen molar-refractivity contribution in [3.63, 3.8) is 0 Å². The summed E-state index contributed by atoms with van der Waals surface area (Å²) in [5.74, 6) is 3.33. The number of rotatable bonds is 15. The number of benzene rings is 16. The van der Waals surface area contributed by atoms with Crippen LogP contribution in [0.1, 0.15) is 38.9 Å². The zero-order chi connectivity index (χ0) is 88.9. The number of methoxy groups -OCH3 is 4. The number of aromatic nitrogens is 3. The summed E-state index contributed by atoms with van der Waals surface area (Å²) in [6.07, 6.45) is 0. The van der Waals surface area contributed by atoms with Crippen LogP contribution >= 0.6 is 0 Å². The van der Waals surface area contributed by atoms with Gasteiger partial charge in [-0.3, -0.25) is 0 Å². The molecule has 0 fully saturated rings. The largest absolute Gasteiger partial charge is 0.497 e. The van der Waals surface area contributed by atoms with E-state index in [2.05, 4.69) is 433 Å². The first-order chi connectivity index (χ1) is 61.1. The normalized spacial score (nSPS) is 10.6. The van der Waals surface area contributed by atoms with Crippen LogP contribution in [0.3, 0.4) is 0 Å². The van der Waals surface area contributed by atoms with E-state index in [1.165, 1.54) is 133 Å². The molecule has 0 amide bonds. The summed E-state index contributed by atoms with van der Waals surface area (Å²) in [6.45, 7) is 15.0. The summed E-state index contributed by atoms with van der Waals surface area (Å²) in [6, 6.07) is 131. The van der Waals surface area contributed by atoms with Crippen molar-refractivity contribution < 1.29 is 18.9 Å². The molecule has 0 saturated heterocycles. The molecule has 0 saturated carbocycles. The summed E-state index contributed by atoms with van der Waals surface area (Å²) < 4.78 is 26.8. The van der Waals surface area contributed by atoms with Crippen molar-refractivity contribution in [3.05, 3.63) is 415 Å². The van der Waals surface area contributed by atoms with E-state index in [0.29, 0.717) is 0 Å². The average Bonchev–Trinajstić information content (AvgIpc) is 1.60. The van der Waals surface area contributed by atoms with Crippen molar-refractivity contribution in [3.8, 4) is 28.7 Å². The van der Waals surface area contributed by atoms with Gasteiger partial charge in [0.05, 0.1) is 39.5 Å². The number of hydrogen-bond acceptors (Lipinski definition) is 9. The molecule has 19 rings (SSSR count). The van der Waals surface area contributed by atoms with Crippen molar-refractivity contribution in [1.82, 2.24) is 13.7 Å². The molecule has 0 atom stereocenters. The molecule has 3 heterocycles. The lowest BCUT2D eigenvalue weighted by atomic mass is 10.1. The Morgan fingerprint density at radius 1 is 0.183 bits per heavy atom. The van der Waals surface area contributed by atoms with Crippen molar-refractivity contribution in [1.29, 1.82) is 0 Å². The van der Waals surface area contributed by atoms with Crippen molar-refractivity contribution in [2.24, 2.45) is 14.1 Å². The van der Waals surface area contributed by atoms with Crippen LogP contribution in [0, 0.1) is 48.5 Å². The minimum Gasteiger partial charge on any atom is -0.497 e. The van der Waals surface area contributed by atoms with Gasteiger partial charge >= 0.3 is 0 Å². The summed E-state index contributed by atoms with van der Waals surface area (Å²) in [5.41, 5.74) is 29.8. The number of anilines is 10. The zero-order valence-electron chi connectivity index (χ0n) is 76.0. The first kappa shape index (κ1) is 88.9. The van der Waals surface area contributed by atoms with Gasteiger partial charge in [0, 0.05) is 172 Å². The van der Waals surface area contributed by atoms with E-state index in [-0.39, 0.29) is 0 Å². The van der Waals surface area contributed by atoms with Crippen LogP contribution in [0.5, 0.6) is 23.0 Å². The number of fused-ring (bicyclic) bond motifs is 9. The molecule has 0 radical (unpaired) electrons. The lowest BCUT2D eigenvalue weighted by Crippen LogP contribution is -2.16. The van der Waals surface area contributed by atoms with Gasteiger partial charge in [-0.1, -0.05) is 185 Å². The molecule has 0 spiro atoms. The van der Waals surface area contributed by atoms with Gasteiger partial charge in [0.2, 0.25) is 0 Å². The standard InChI is InChI=1S/C27H27N3.C21H19N.C20H20N2.2C15H15N.2C8H10O2/c1-28(22-13-7-4-8-14-22)25-19-26(29(2)23-15-9-5-10-16-23)21-27(20-25)30(3)24-17-11-6-12-18-24;1-14-4-8-17(9-5-14)22-20-10-6-15(2)12-18(20)19-13-16(3)7-11-21(19)22;1-21(17-9-5-3-6-10-17)19-13-15-20(16-14-19)22(2)18-11-7-4-8-12-18;2*1-10-4-6-14-12(8-10)13-9-11(2)5-7-15(13)16(14)3;1-9-7-3-5-8(10-2)6-4-7;1-9-7-4-3-5-8(6-7)10-2/h4-21H,1-3H3;4-13H,1-3H3;3-16H,1-2H3;2*4-9H,1-3H3;2*3-6H,1-2H3. The van der Waals surface area contributed by atoms with Gasteiger partial charge in [0.25, 0.3) is 0 Å². The number of hydrogen-bond donors (Lipinski definition) is 0. The number of para-hydroxylation sites is 5. The second kappa shape index (κ2) is 41.8. The molecule has 0 unspecified atom stereocenters. The summed E-state index contributed by atoms with van der Waals surface area (Å²) in [7, 11) is 21.3. The first-order valence-electron chi connectivity index (χ1n) is 42.6. The molecular weight excluding hydrogens is 1550 g/mol. The van der Waals surface area contributed by atoms with Gasteiger partial charge in [-0.25, -0.2) is 0 Å². The lowest BCUT2D eigenvalue weighted by molar-refractivity contribution is 0.394.